The lowest BCUT2D eigenvalue weighted by atomic mass is 9.78. The number of benzene rings is 1. The lowest BCUT2D eigenvalue weighted by Gasteiger charge is -2.36. The molecule has 0 amide bonds. The summed E-state index contributed by atoms with van der Waals surface area (Å²) in [5, 5.41) is 22.6. The van der Waals surface area contributed by atoms with Gasteiger partial charge in [-0.3, -0.25) is 0 Å². The Morgan fingerprint density at radius 2 is 2.10 bits per heavy atom. The minimum absolute atomic E-state index is 0.328. The van der Waals surface area contributed by atoms with E-state index in [2.05, 4.69) is 12.2 Å². The molecular formula is C17H23FN2O. The van der Waals surface area contributed by atoms with Crippen molar-refractivity contribution in [2.75, 3.05) is 6.54 Å². The Morgan fingerprint density at radius 1 is 1.38 bits per heavy atom. The molecule has 21 heavy (non-hydrogen) atoms. The summed E-state index contributed by atoms with van der Waals surface area (Å²) in [6.07, 6.45) is 4.99. The zero-order chi connectivity index (χ0) is 15.3. The van der Waals surface area contributed by atoms with Crippen LogP contribution in [-0.4, -0.2) is 17.3 Å². The van der Waals surface area contributed by atoms with Crippen LogP contribution in [-0.2, 0) is 6.54 Å². The van der Waals surface area contributed by atoms with Gasteiger partial charge in [0.05, 0.1) is 17.2 Å². The summed E-state index contributed by atoms with van der Waals surface area (Å²) in [6.45, 7) is 3.18. The van der Waals surface area contributed by atoms with Gasteiger partial charge < -0.3 is 10.4 Å². The molecule has 1 aliphatic rings. The fourth-order valence-electron chi connectivity index (χ4n) is 3.06. The van der Waals surface area contributed by atoms with Crippen molar-refractivity contribution < 1.29 is 9.50 Å². The fraction of sp³-hybridized carbons (Fsp3) is 0.588. The Bertz CT molecular complexity index is 516. The third-order valence-corrected chi connectivity index (χ3v) is 4.48. The average Bonchev–Trinajstić information content (AvgIpc) is 2.47. The third kappa shape index (κ3) is 4.52. The Kier molecular flexibility index (Phi) is 5.33. The summed E-state index contributed by atoms with van der Waals surface area (Å²) >= 11 is 0. The number of halogens is 1. The highest BCUT2D eigenvalue weighted by molar-refractivity contribution is 5.33. The number of hydrogen-bond acceptors (Lipinski definition) is 3. The molecule has 0 radical (unpaired) electrons. The van der Waals surface area contributed by atoms with Crippen molar-refractivity contribution in [3.63, 3.8) is 0 Å². The highest BCUT2D eigenvalue weighted by Crippen LogP contribution is 2.33. The predicted molar refractivity (Wildman–Crippen MR) is 80.0 cm³/mol. The molecule has 0 aliphatic heterocycles. The van der Waals surface area contributed by atoms with Gasteiger partial charge >= 0.3 is 0 Å². The molecule has 1 aromatic rings. The summed E-state index contributed by atoms with van der Waals surface area (Å²) in [5.74, 6) is 0.347. The van der Waals surface area contributed by atoms with Crippen LogP contribution in [0.25, 0.3) is 0 Å². The van der Waals surface area contributed by atoms with E-state index in [1.165, 1.54) is 18.6 Å². The van der Waals surface area contributed by atoms with E-state index < -0.39 is 11.4 Å². The lowest BCUT2D eigenvalue weighted by molar-refractivity contribution is -0.00881. The molecule has 2 rings (SSSR count). The van der Waals surface area contributed by atoms with Gasteiger partial charge in [0, 0.05) is 13.1 Å². The first kappa shape index (κ1) is 15.9. The number of rotatable bonds is 5. The van der Waals surface area contributed by atoms with Crippen molar-refractivity contribution in [3.8, 4) is 6.07 Å². The first-order valence-corrected chi connectivity index (χ1v) is 7.67. The molecule has 0 aromatic heterocycles. The van der Waals surface area contributed by atoms with Gasteiger partial charge in [-0.25, -0.2) is 4.39 Å². The Morgan fingerprint density at radius 3 is 2.71 bits per heavy atom. The summed E-state index contributed by atoms with van der Waals surface area (Å²) in [7, 11) is 0. The minimum atomic E-state index is -0.642. The molecule has 0 atom stereocenters. The van der Waals surface area contributed by atoms with Crippen molar-refractivity contribution in [2.45, 2.75) is 51.2 Å². The van der Waals surface area contributed by atoms with Crippen LogP contribution < -0.4 is 5.32 Å². The molecule has 0 unspecified atom stereocenters. The van der Waals surface area contributed by atoms with Gasteiger partial charge in [-0.15, -0.1) is 0 Å². The van der Waals surface area contributed by atoms with Gasteiger partial charge in [-0.1, -0.05) is 13.3 Å². The zero-order valence-electron chi connectivity index (χ0n) is 12.5. The monoisotopic (exact) mass is 290 g/mol. The number of hydrogen-bond donors (Lipinski definition) is 2. The van der Waals surface area contributed by atoms with Crippen LogP contribution in [0.3, 0.4) is 0 Å². The first-order valence-electron chi connectivity index (χ1n) is 7.67. The molecule has 0 heterocycles. The SMILES string of the molecule is CCC1CCC(O)(CNCc2cc(F)cc(C#N)c2)CC1. The van der Waals surface area contributed by atoms with Crippen LogP contribution in [0.4, 0.5) is 4.39 Å². The van der Waals surface area contributed by atoms with Gasteiger partial charge in [0.25, 0.3) is 0 Å². The maximum absolute atomic E-state index is 13.3. The van der Waals surface area contributed by atoms with E-state index in [9.17, 15) is 9.50 Å². The standard InChI is InChI=1S/C17H23FN2O/c1-2-13-3-5-17(21,6-4-13)12-20-11-15-7-14(10-19)8-16(18)9-15/h7-9,13,20-21H,2-6,11-12H2,1H3. The van der Waals surface area contributed by atoms with Crippen LogP contribution in [0.15, 0.2) is 18.2 Å². The molecule has 0 saturated heterocycles. The van der Waals surface area contributed by atoms with E-state index >= 15 is 0 Å². The van der Waals surface area contributed by atoms with Crippen molar-refractivity contribution >= 4 is 0 Å². The molecular weight excluding hydrogens is 267 g/mol. The van der Waals surface area contributed by atoms with Crippen LogP contribution in [0.1, 0.15) is 50.2 Å². The molecule has 4 heteroatoms. The summed E-state index contributed by atoms with van der Waals surface area (Å²) < 4.78 is 13.3. The number of nitrogens with one attached hydrogen (secondary N) is 1. The maximum Gasteiger partial charge on any atom is 0.124 e. The zero-order valence-corrected chi connectivity index (χ0v) is 12.5. The molecule has 114 valence electrons. The number of nitriles is 1. The van der Waals surface area contributed by atoms with Gasteiger partial charge in [-0.2, -0.15) is 5.26 Å². The second kappa shape index (κ2) is 7.02. The summed E-state index contributed by atoms with van der Waals surface area (Å²) in [5.41, 5.74) is 0.420. The van der Waals surface area contributed by atoms with Gasteiger partial charge in [-0.05, 0) is 55.4 Å². The number of nitrogens with zero attached hydrogens (tertiary/aromatic N) is 1. The second-order valence-electron chi connectivity index (χ2n) is 6.14. The summed E-state index contributed by atoms with van der Waals surface area (Å²) in [6, 6.07) is 6.27. The normalized spacial score (nSPS) is 25.5. The van der Waals surface area contributed by atoms with Crippen LogP contribution in [0, 0.1) is 23.1 Å². The van der Waals surface area contributed by atoms with Crippen LogP contribution in [0.5, 0.6) is 0 Å². The van der Waals surface area contributed by atoms with Gasteiger partial charge in [0.15, 0.2) is 0 Å². The Labute approximate surface area is 125 Å². The quantitative estimate of drug-likeness (QED) is 0.876. The second-order valence-corrected chi connectivity index (χ2v) is 6.14. The van der Waals surface area contributed by atoms with Crippen LogP contribution >= 0.6 is 0 Å². The van der Waals surface area contributed by atoms with E-state index in [1.807, 2.05) is 6.07 Å². The molecule has 1 aromatic carbocycles. The average molecular weight is 290 g/mol. The van der Waals surface area contributed by atoms with Crippen molar-refractivity contribution in [1.82, 2.24) is 5.32 Å². The van der Waals surface area contributed by atoms with Gasteiger partial charge in [0.1, 0.15) is 5.82 Å². The minimum Gasteiger partial charge on any atom is -0.389 e. The molecule has 1 saturated carbocycles. The van der Waals surface area contributed by atoms with Crippen LogP contribution in [0.2, 0.25) is 0 Å². The van der Waals surface area contributed by atoms with Gasteiger partial charge in [0.2, 0.25) is 0 Å². The number of aliphatic hydroxyl groups is 1. The Hall–Kier alpha value is -1.44. The highest BCUT2D eigenvalue weighted by atomic mass is 19.1. The third-order valence-electron chi connectivity index (χ3n) is 4.48. The summed E-state index contributed by atoms with van der Waals surface area (Å²) in [4.78, 5) is 0. The molecule has 0 bridgehead atoms. The van der Waals surface area contributed by atoms with E-state index in [4.69, 9.17) is 5.26 Å². The van der Waals surface area contributed by atoms with Crippen molar-refractivity contribution in [1.29, 1.82) is 5.26 Å². The molecule has 3 nitrogen and oxygen atoms in total. The topological polar surface area (TPSA) is 56.0 Å². The predicted octanol–water partition coefficient (Wildman–Crippen LogP) is 3.12. The van der Waals surface area contributed by atoms with E-state index in [0.29, 0.717) is 18.7 Å². The fourth-order valence-corrected chi connectivity index (χ4v) is 3.06. The lowest BCUT2D eigenvalue weighted by Crippen LogP contribution is -2.43. The molecule has 2 N–H and O–H groups in total. The van der Waals surface area contributed by atoms with E-state index in [0.717, 1.165) is 37.2 Å². The maximum atomic E-state index is 13.3. The largest absolute Gasteiger partial charge is 0.389 e. The highest BCUT2D eigenvalue weighted by Gasteiger charge is 2.32. The molecule has 1 fully saturated rings. The van der Waals surface area contributed by atoms with Crippen molar-refractivity contribution in [3.05, 3.63) is 35.1 Å². The Balaban J connectivity index is 1.84. The van der Waals surface area contributed by atoms with Crippen molar-refractivity contribution in [2.24, 2.45) is 5.92 Å². The molecule has 0 spiro atoms. The molecule has 1 aliphatic carbocycles. The smallest absolute Gasteiger partial charge is 0.124 e. The first-order chi connectivity index (χ1) is 10.0. The van der Waals surface area contributed by atoms with E-state index in [-0.39, 0.29) is 0 Å². The van der Waals surface area contributed by atoms with E-state index in [1.54, 1.807) is 6.07 Å².